The maximum absolute atomic E-state index is 14.2. The molecule has 48 heavy (non-hydrogen) atoms. The van der Waals surface area contributed by atoms with Crippen molar-refractivity contribution < 1.29 is 33.3 Å². The lowest BCUT2D eigenvalue weighted by Crippen LogP contribution is -2.29. The number of benzene rings is 3. The number of aromatic nitrogens is 2. The fourth-order valence-electron chi connectivity index (χ4n) is 5.16. The Balaban J connectivity index is 1.54. The lowest BCUT2D eigenvalue weighted by molar-refractivity contribution is -0.132. The van der Waals surface area contributed by atoms with Gasteiger partial charge in [0.15, 0.2) is 15.8 Å². The van der Waals surface area contributed by atoms with Crippen LogP contribution in [-0.2, 0) is 15.3 Å². The number of halogens is 1. The molecule has 1 aliphatic heterocycles. The van der Waals surface area contributed by atoms with Crippen molar-refractivity contribution in [3.8, 4) is 17.2 Å². The van der Waals surface area contributed by atoms with Crippen molar-refractivity contribution in [2.45, 2.75) is 62.6 Å². The van der Waals surface area contributed by atoms with Gasteiger partial charge in [-0.1, -0.05) is 74.1 Å². The molecule has 2 heterocycles. The van der Waals surface area contributed by atoms with Gasteiger partial charge >= 0.3 is 5.91 Å². The summed E-state index contributed by atoms with van der Waals surface area (Å²) < 4.78 is 32.4. The lowest BCUT2D eigenvalue weighted by atomic mass is 9.95. The highest BCUT2D eigenvalue weighted by atomic mass is 32.2. The second kappa shape index (κ2) is 16.6. The van der Waals surface area contributed by atoms with E-state index in [4.69, 9.17) is 14.2 Å². The SMILES string of the molecule is CCCCCOc1ccc(C2C(=C(O)c3ccc(OCCC)cc3)C(=O)C(=O)N2c2nnc(SCc3ccccc3F)s2)cc1OCC. The Morgan fingerprint density at radius 3 is 2.44 bits per heavy atom. The number of thioether (sulfide) groups is 1. The molecule has 12 heteroatoms. The summed E-state index contributed by atoms with van der Waals surface area (Å²) in [6.45, 7) is 7.40. The van der Waals surface area contributed by atoms with E-state index in [1.807, 2.05) is 13.8 Å². The molecule has 5 rings (SSSR count). The van der Waals surface area contributed by atoms with E-state index in [2.05, 4.69) is 17.1 Å². The fraction of sp³-hybridized carbons (Fsp3) is 0.333. The van der Waals surface area contributed by atoms with Gasteiger partial charge in [0.25, 0.3) is 5.78 Å². The molecule has 0 radical (unpaired) electrons. The largest absolute Gasteiger partial charge is 0.507 e. The van der Waals surface area contributed by atoms with Crippen LogP contribution in [0, 0.1) is 5.82 Å². The topological polar surface area (TPSA) is 111 Å². The van der Waals surface area contributed by atoms with Gasteiger partial charge in [0.1, 0.15) is 17.3 Å². The molecule has 1 aliphatic rings. The molecule has 4 aromatic rings. The van der Waals surface area contributed by atoms with Crippen LogP contribution in [0.3, 0.4) is 0 Å². The van der Waals surface area contributed by atoms with Gasteiger partial charge in [0.05, 0.1) is 31.4 Å². The number of rotatable bonds is 16. The zero-order valence-electron chi connectivity index (χ0n) is 27.1. The number of hydrogen-bond acceptors (Lipinski definition) is 10. The Morgan fingerprint density at radius 2 is 1.71 bits per heavy atom. The molecule has 0 aliphatic carbocycles. The molecule has 1 N–H and O–H groups in total. The van der Waals surface area contributed by atoms with Crippen molar-refractivity contribution in [3.05, 3.63) is 94.8 Å². The Morgan fingerprint density at radius 1 is 0.917 bits per heavy atom. The van der Waals surface area contributed by atoms with Gasteiger partial charge < -0.3 is 19.3 Å². The molecule has 1 saturated heterocycles. The average molecular weight is 692 g/mol. The van der Waals surface area contributed by atoms with E-state index >= 15 is 0 Å². The van der Waals surface area contributed by atoms with Crippen molar-refractivity contribution >= 4 is 45.7 Å². The Hall–Kier alpha value is -4.42. The first-order chi connectivity index (χ1) is 23.4. The zero-order valence-corrected chi connectivity index (χ0v) is 28.7. The van der Waals surface area contributed by atoms with Gasteiger partial charge in [-0.25, -0.2) is 4.39 Å². The monoisotopic (exact) mass is 691 g/mol. The molecular formula is C36H38FN3O6S2. The second-order valence-electron chi connectivity index (χ2n) is 11.0. The highest BCUT2D eigenvalue weighted by Gasteiger charge is 2.48. The smallest absolute Gasteiger partial charge is 0.301 e. The van der Waals surface area contributed by atoms with E-state index in [0.717, 1.165) is 37.0 Å². The maximum Gasteiger partial charge on any atom is 0.301 e. The molecule has 0 saturated carbocycles. The number of Topliss-reactive ketones (excluding diaryl/α,β-unsaturated/α-hetero) is 1. The molecule has 0 bridgehead atoms. The first kappa shape index (κ1) is 34.9. The summed E-state index contributed by atoms with van der Waals surface area (Å²) in [4.78, 5) is 28.8. The van der Waals surface area contributed by atoms with Crippen LogP contribution in [0.5, 0.6) is 17.2 Å². The molecule has 0 spiro atoms. The number of carbonyl (C=O) groups is 2. The van der Waals surface area contributed by atoms with Gasteiger partial charge in [-0.15, -0.1) is 10.2 Å². The van der Waals surface area contributed by atoms with Gasteiger partial charge in [0, 0.05) is 11.3 Å². The number of ketones is 1. The Labute approximate surface area is 287 Å². The summed E-state index contributed by atoms with van der Waals surface area (Å²) in [5.74, 6) is -0.462. The molecule has 1 fully saturated rings. The van der Waals surface area contributed by atoms with E-state index in [1.165, 1.54) is 22.7 Å². The first-order valence-electron chi connectivity index (χ1n) is 16.0. The van der Waals surface area contributed by atoms with E-state index in [-0.39, 0.29) is 22.3 Å². The Bertz CT molecular complexity index is 1760. The third-order valence-electron chi connectivity index (χ3n) is 7.54. The number of aliphatic hydroxyl groups is 1. The number of nitrogens with zero attached hydrogens (tertiary/aromatic N) is 3. The number of carbonyl (C=O) groups excluding carboxylic acids is 2. The second-order valence-corrected chi connectivity index (χ2v) is 13.1. The zero-order chi connectivity index (χ0) is 34.0. The van der Waals surface area contributed by atoms with Crippen LogP contribution < -0.4 is 19.1 Å². The molecule has 3 aromatic carbocycles. The summed E-state index contributed by atoms with van der Waals surface area (Å²) in [6.07, 6.45) is 3.82. The molecule has 1 amide bonds. The first-order valence-corrected chi connectivity index (χ1v) is 17.8. The highest BCUT2D eigenvalue weighted by Crippen LogP contribution is 2.46. The number of hydrogen-bond donors (Lipinski definition) is 1. The number of ether oxygens (including phenoxy) is 3. The Kier molecular flexibility index (Phi) is 12.1. The van der Waals surface area contributed by atoms with Crippen LogP contribution in [0.25, 0.3) is 5.76 Å². The standard InChI is InChI=1S/C36H38FN3O6S2/c1-4-7-10-20-46-28-18-15-24(21-29(28)44-6-3)31-30(32(41)23-13-16-26(17-14-23)45-19-5-2)33(42)34(43)40(31)35-38-39-36(48-35)47-22-25-11-8-9-12-27(25)37/h8-9,11-18,21,31,41H,4-7,10,19-20,22H2,1-3H3. The van der Waals surface area contributed by atoms with Crippen molar-refractivity contribution in [2.75, 3.05) is 24.7 Å². The molecule has 1 aromatic heterocycles. The van der Waals surface area contributed by atoms with Gasteiger partial charge in [0.2, 0.25) is 5.13 Å². The van der Waals surface area contributed by atoms with Crippen molar-refractivity contribution in [2.24, 2.45) is 0 Å². The summed E-state index contributed by atoms with van der Waals surface area (Å²) in [5, 5.41) is 20.3. The third kappa shape index (κ3) is 7.99. The number of unbranched alkanes of at least 4 members (excludes halogenated alkanes) is 2. The fourth-order valence-corrected chi connectivity index (χ4v) is 7.01. The van der Waals surface area contributed by atoms with E-state index < -0.39 is 17.7 Å². The summed E-state index contributed by atoms with van der Waals surface area (Å²) in [7, 11) is 0. The van der Waals surface area contributed by atoms with Crippen molar-refractivity contribution in [1.82, 2.24) is 10.2 Å². The van der Waals surface area contributed by atoms with E-state index in [0.29, 0.717) is 63.9 Å². The molecule has 9 nitrogen and oxygen atoms in total. The van der Waals surface area contributed by atoms with Crippen LogP contribution >= 0.6 is 23.1 Å². The van der Waals surface area contributed by atoms with Gasteiger partial charge in [-0.3, -0.25) is 14.5 Å². The summed E-state index contributed by atoms with van der Waals surface area (Å²) in [5.41, 5.74) is 1.27. The minimum absolute atomic E-state index is 0.1000. The highest BCUT2D eigenvalue weighted by molar-refractivity contribution is 8.00. The van der Waals surface area contributed by atoms with Crippen molar-refractivity contribution in [1.29, 1.82) is 0 Å². The number of aliphatic hydroxyl groups excluding tert-OH is 1. The minimum Gasteiger partial charge on any atom is -0.507 e. The molecule has 252 valence electrons. The summed E-state index contributed by atoms with van der Waals surface area (Å²) >= 11 is 2.38. The predicted octanol–water partition coefficient (Wildman–Crippen LogP) is 8.35. The quantitative estimate of drug-likeness (QED) is 0.0310. The predicted molar refractivity (Wildman–Crippen MR) is 186 cm³/mol. The van der Waals surface area contributed by atoms with E-state index in [1.54, 1.807) is 60.7 Å². The van der Waals surface area contributed by atoms with Gasteiger partial charge in [-0.2, -0.15) is 0 Å². The van der Waals surface area contributed by atoms with Crippen LogP contribution in [0.4, 0.5) is 9.52 Å². The molecule has 1 atom stereocenters. The maximum atomic E-state index is 14.2. The van der Waals surface area contributed by atoms with Crippen molar-refractivity contribution in [3.63, 3.8) is 0 Å². The average Bonchev–Trinajstić information content (AvgIpc) is 3.67. The minimum atomic E-state index is -1.05. The lowest BCUT2D eigenvalue weighted by Gasteiger charge is -2.23. The third-order valence-corrected chi connectivity index (χ3v) is 9.65. The molecule has 1 unspecified atom stereocenters. The normalized spacial score (nSPS) is 15.6. The summed E-state index contributed by atoms with van der Waals surface area (Å²) in [6, 6.07) is 17.4. The molecular weight excluding hydrogens is 654 g/mol. The number of anilines is 1. The van der Waals surface area contributed by atoms with Crippen LogP contribution in [0.2, 0.25) is 0 Å². The van der Waals surface area contributed by atoms with Crippen LogP contribution in [0.1, 0.15) is 69.2 Å². The van der Waals surface area contributed by atoms with Crippen LogP contribution in [-0.4, -0.2) is 46.8 Å². The van der Waals surface area contributed by atoms with Gasteiger partial charge in [-0.05, 0) is 73.4 Å². The number of amides is 1. The van der Waals surface area contributed by atoms with E-state index in [9.17, 15) is 19.1 Å². The van der Waals surface area contributed by atoms with Crippen LogP contribution in [0.15, 0.2) is 76.6 Å².